The Balaban J connectivity index is 2.76. The number of halogens is 1. The van der Waals surface area contributed by atoms with Crippen molar-refractivity contribution in [3.63, 3.8) is 0 Å². The molecule has 1 aromatic rings. The molecule has 2 heteroatoms. The Morgan fingerprint density at radius 3 is 2.69 bits per heavy atom. The SMILES string of the molecule is C=CC(C)(CNCC)Cc1ccccc1Br. The molecule has 0 heterocycles. The molecule has 1 aromatic carbocycles. The van der Waals surface area contributed by atoms with E-state index in [9.17, 15) is 0 Å². The molecule has 0 radical (unpaired) electrons. The summed E-state index contributed by atoms with van der Waals surface area (Å²) >= 11 is 3.59. The fourth-order valence-electron chi connectivity index (χ4n) is 1.69. The van der Waals surface area contributed by atoms with Crippen molar-refractivity contribution < 1.29 is 0 Å². The van der Waals surface area contributed by atoms with Crippen molar-refractivity contribution in [3.8, 4) is 0 Å². The van der Waals surface area contributed by atoms with Gasteiger partial charge in [0.15, 0.2) is 0 Å². The maximum absolute atomic E-state index is 3.96. The molecular weight excluding hydrogens is 262 g/mol. The van der Waals surface area contributed by atoms with Crippen LogP contribution in [0.4, 0.5) is 0 Å². The lowest BCUT2D eigenvalue weighted by molar-refractivity contribution is 0.395. The van der Waals surface area contributed by atoms with Gasteiger partial charge in [0.25, 0.3) is 0 Å². The largest absolute Gasteiger partial charge is 0.316 e. The molecule has 1 atom stereocenters. The van der Waals surface area contributed by atoms with Gasteiger partial charge in [-0.25, -0.2) is 0 Å². The van der Waals surface area contributed by atoms with Gasteiger partial charge in [-0.2, -0.15) is 0 Å². The minimum atomic E-state index is 0.111. The first-order valence-corrected chi connectivity index (χ1v) is 6.48. The smallest absolute Gasteiger partial charge is 0.0207 e. The van der Waals surface area contributed by atoms with Gasteiger partial charge in [0.1, 0.15) is 0 Å². The minimum absolute atomic E-state index is 0.111. The maximum atomic E-state index is 3.96. The summed E-state index contributed by atoms with van der Waals surface area (Å²) in [6.07, 6.45) is 3.06. The molecule has 1 unspecified atom stereocenters. The van der Waals surface area contributed by atoms with Gasteiger partial charge in [0, 0.05) is 16.4 Å². The second-order valence-electron chi connectivity index (χ2n) is 4.41. The van der Waals surface area contributed by atoms with Gasteiger partial charge in [-0.3, -0.25) is 0 Å². The predicted molar refractivity (Wildman–Crippen MR) is 74.7 cm³/mol. The van der Waals surface area contributed by atoms with Crippen molar-refractivity contribution >= 4 is 15.9 Å². The van der Waals surface area contributed by atoms with Crippen molar-refractivity contribution in [1.82, 2.24) is 5.32 Å². The molecule has 1 rings (SSSR count). The maximum Gasteiger partial charge on any atom is 0.0207 e. The molecule has 16 heavy (non-hydrogen) atoms. The van der Waals surface area contributed by atoms with Crippen LogP contribution in [-0.4, -0.2) is 13.1 Å². The Morgan fingerprint density at radius 2 is 2.12 bits per heavy atom. The highest BCUT2D eigenvalue weighted by Crippen LogP contribution is 2.27. The number of hydrogen-bond donors (Lipinski definition) is 1. The van der Waals surface area contributed by atoms with Crippen molar-refractivity contribution in [3.05, 3.63) is 47.0 Å². The Labute approximate surface area is 107 Å². The third-order valence-electron chi connectivity index (χ3n) is 2.82. The average molecular weight is 282 g/mol. The van der Waals surface area contributed by atoms with E-state index in [2.05, 4.69) is 65.9 Å². The molecule has 0 aliphatic rings. The van der Waals surface area contributed by atoms with Crippen LogP contribution in [0, 0.1) is 5.41 Å². The second-order valence-corrected chi connectivity index (χ2v) is 5.26. The van der Waals surface area contributed by atoms with Gasteiger partial charge in [0.05, 0.1) is 0 Å². The van der Waals surface area contributed by atoms with E-state index in [1.807, 2.05) is 6.07 Å². The number of hydrogen-bond acceptors (Lipinski definition) is 1. The van der Waals surface area contributed by atoms with E-state index in [-0.39, 0.29) is 5.41 Å². The van der Waals surface area contributed by atoms with Crippen LogP contribution in [0.2, 0.25) is 0 Å². The van der Waals surface area contributed by atoms with E-state index in [4.69, 9.17) is 0 Å². The second kappa shape index (κ2) is 6.21. The molecular formula is C14H20BrN. The summed E-state index contributed by atoms with van der Waals surface area (Å²) in [5, 5.41) is 3.39. The van der Waals surface area contributed by atoms with Crippen LogP contribution in [0.25, 0.3) is 0 Å². The molecule has 1 N–H and O–H groups in total. The normalized spacial score (nSPS) is 14.4. The van der Waals surface area contributed by atoms with E-state index < -0.39 is 0 Å². The Hall–Kier alpha value is -0.600. The molecule has 0 amide bonds. The van der Waals surface area contributed by atoms with Crippen LogP contribution < -0.4 is 5.32 Å². The lowest BCUT2D eigenvalue weighted by atomic mass is 9.83. The van der Waals surface area contributed by atoms with Crippen LogP contribution in [0.1, 0.15) is 19.4 Å². The third-order valence-corrected chi connectivity index (χ3v) is 3.60. The lowest BCUT2D eigenvalue weighted by Crippen LogP contribution is -2.32. The van der Waals surface area contributed by atoms with E-state index >= 15 is 0 Å². The van der Waals surface area contributed by atoms with Crippen LogP contribution in [0.5, 0.6) is 0 Å². The summed E-state index contributed by atoms with van der Waals surface area (Å²) in [6.45, 7) is 10.3. The Kier molecular flexibility index (Phi) is 5.23. The molecule has 0 spiro atoms. The first-order chi connectivity index (χ1) is 7.61. The summed E-state index contributed by atoms with van der Waals surface area (Å²) in [4.78, 5) is 0. The number of nitrogens with one attached hydrogen (secondary N) is 1. The van der Waals surface area contributed by atoms with Gasteiger partial charge < -0.3 is 5.32 Å². The van der Waals surface area contributed by atoms with Crippen LogP contribution in [-0.2, 0) is 6.42 Å². The summed E-state index contributed by atoms with van der Waals surface area (Å²) in [5.74, 6) is 0. The zero-order chi connectivity index (χ0) is 12.0. The number of benzene rings is 1. The lowest BCUT2D eigenvalue weighted by Gasteiger charge is -2.26. The molecule has 0 aliphatic carbocycles. The molecule has 88 valence electrons. The summed E-state index contributed by atoms with van der Waals surface area (Å²) in [6, 6.07) is 8.38. The third kappa shape index (κ3) is 3.76. The predicted octanol–water partition coefficient (Wildman–Crippen LogP) is 3.79. The Morgan fingerprint density at radius 1 is 1.44 bits per heavy atom. The first kappa shape index (κ1) is 13.5. The quantitative estimate of drug-likeness (QED) is 0.783. The van der Waals surface area contributed by atoms with Gasteiger partial charge in [-0.1, -0.05) is 54.1 Å². The van der Waals surface area contributed by atoms with Crippen molar-refractivity contribution in [1.29, 1.82) is 0 Å². The first-order valence-electron chi connectivity index (χ1n) is 5.69. The van der Waals surface area contributed by atoms with Crippen molar-refractivity contribution in [2.45, 2.75) is 20.3 Å². The zero-order valence-corrected chi connectivity index (χ0v) is 11.7. The zero-order valence-electron chi connectivity index (χ0n) is 10.1. The molecule has 0 saturated heterocycles. The average Bonchev–Trinajstić information content (AvgIpc) is 2.30. The topological polar surface area (TPSA) is 12.0 Å². The molecule has 0 fully saturated rings. The highest BCUT2D eigenvalue weighted by Gasteiger charge is 2.21. The highest BCUT2D eigenvalue weighted by molar-refractivity contribution is 9.10. The Bertz CT molecular complexity index is 348. The minimum Gasteiger partial charge on any atom is -0.316 e. The van der Waals surface area contributed by atoms with Crippen LogP contribution >= 0.6 is 15.9 Å². The standard InChI is InChI=1S/C14H20BrN/c1-4-14(3,11-16-5-2)10-12-8-6-7-9-13(12)15/h4,6-9,16H,1,5,10-11H2,2-3H3. The van der Waals surface area contributed by atoms with Gasteiger partial charge in [0.2, 0.25) is 0 Å². The van der Waals surface area contributed by atoms with Crippen molar-refractivity contribution in [2.75, 3.05) is 13.1 Å². The molecule has 0 aliphatic heterocycles. The van der Waals surface area contributed by atoms with Crippen molar-refractivity contribution in [2.24, 2.45) is 5.41 Å². The monoisotopic (exact) mass is 281 g/mol. The molecule has 1 nitrogen and oxygen atoms in total. The fraction of sp³-hybridized carbons (Fsp3) is 0.429. The van der Waals surface area contributed by atoms with Crippen LogP contribution in [0.3, 0.4) is 0 Å². The molecule has 0 aromatic heterocycles. The van der Waals surface area contributed by atoms with E-state index in [0.29, 0.717) is 0 Å². The highest BCUT2D eigenvalue weighted by atomic mass is 79.9. The van der Waals surface area contributed by atoms with Gasteiger partial charge in [-0.15, -0.1) is 6.58 Å². The van der Waals surface area contributed by atoms with Crippen LogP contribution in [0.15, 0.2) is 41.4 Å². The summed E-state index contributed by atoms with van der Waals surface area (Å²) in [7, 11) is 0. The van der Waals surface area contributed by atoms with Gasteiger partial charge in [-0.05, 0) is 24.6 Å². The number of rotatable bonds is 6. The molecule has 0 bridgehead atoms. The fourth-order valence-corrected chi connectivity index (χ4v) is 2.12. The molecule has 0 saturated carbocycles. The van der Waals surface area contributed by atoms with E-state index in [1.165, 1.54) is 10.0 Å². The van der Waals surface area contributed by atoms with E-state index in [0.717, 1.165) is 19.5 Å². The van der Waals surface area contributed by atoms with Gasteiger partial charge >= 0.3 is 0 Å². The summed E-state index contributed by atoms with van der Waals surface area (Å²) < 4.78 is 1.18. The summed E-state index contributed by atoms with van der Waals surface area (Å²) in [5.41, 5.74) is 1.45. The van der Waals surface area contributed by atoms with E-state index in [1.54, 1.807) is 0 Å².